The number of sulfonamides is 1. The van der Waals surface area contributed by atoms with Gasteiger partial charge in [-0.1, -0.05) is 17.3 Å². The second-order valence-corrected chi connectivity index (χ2v) is 6.48. The molecular formula is C14H12N4O4S. The zero-order valence-electron chi connectivity index (χ0n) is 11.7. The summed E-state index contributed by atoms with van der Waals surface area (Å²) in [6, 6.07) is 12.1. The molecule has 3 aromatic rings. The summed E-state index contributed by atoms with van der Waals surface area (Å²) >= 11 is 0. The fraction of sp³-hybridized carbons (Fsp3) is 0.0714. The van der Waals surface area contributed by atoms with Gasteiger partial charge in [-0.3, -0.25) is 0 Å². The van der Waals surface area contributed by atoms with Crippen molar-refractivity contribution in [3.63, 3.8) is 0 Å². The number of benzene rings is 2. The van der Waals surface area contributed by atoms with Crippen LogP contribution in [0.15, 0.2) is 53.4 Å². The third-order valence-electron chi connectivity index (χ3n) is 3.24. The monoisotopic (exact) mass is 332 g/mol. The number of aromatic nitrogens is 3. The minimum Gasteiger partial charge on any atom is -0.478 e. The van der Waals surface area contributed by atoms with Crippen molar-refractivity contribution in [3.8, 4) is 0 Å². The van der Waals surface area contributed by atoms with E-state index in [1.165, 1.54) is 28.9 Å². The van der Waals surface area contributed by atoms with Gasteiger partial charge in [0.05, 0.1) is 16.0 Å². The van der Waals surface area contributed by atoms with Gasteiger partial charge in [-0.05, 0) is 36.4 Å². The molecule has 0 atom stereocenters. The lowest BCUT2D eigenvalue weighted by atomic mass is 10.2. The van der Waals surface area contributed by atoms with Crippen molar-refractivity contribution in [3.05, 3.63) is 54.1 Å². The van der Waals surface area contributed by atoms with E-state index >= 15 is 0 Å². The quantitative estimate of drug-likeness (QED) is 0.722. The van der Waals surface area contributed by atoms with Crippen molar-refractivity contribution < 1.29 is 18.3 Å². The molecule has 8 nitrogen and oxygen atoms in total. The number of fused-ring (bicyclic) bond motifs is 1. The van der Waals surface area contributed by atoms with Gasteiger partial charge in [0.15, 0.2) is 0 Å². The average Bonchev–Trinajstić information content (AvgIpc) is 2.96. The smallest absolute Gasteiger partial charge is 0.335 e. The molecule has 2 aromatic carbocycles. The van der Waals surface area contributed by atoms with E-state index in [1.54, 1.807) is 18.2 Å². The summed E-state index contributed by atoms with van der Waals surface area (Å²) in [6.07, 6.45) is 0. The van der Waals surface area contributed by atoms with Gasteiger partial charge < -0.3 is 5.11 Å². The summed E-state index contributed by atoms with van der Waals surface area (Å²) < 4.78 is 28.3. The molecule has 0 aliphatic heterocycles. The van der Waals surface area contributed by atoms with Gasteiger partial charge in [-0.25, -0.2) is 17.9 Å². The minimum absolute atomic E-state index is 0.0196. The van der Waals surface area contributed by atoms with Crippen LogP contribution >= 0.6 is 0 Å². The molecule has 3 rings (SSSR count). The fourth-order valence-corrected chi connectivity index (χ4v) is 2.99. The molecule has 0 saturated carbocycles. The zero-order valence-corrected chi connectivity index (χ0v) is 12.6. The maximum atomic E-state index is 12.2. The molecule has 23 heavy (non-hydrogen) atoms. The summed E-state index contributed by atoms with van der Waals surface area (Å²) in [5.41, 5.74) is 1.39. The van der Waals surface area contributed by atoms with E-state index in [-0.39, 0.29) is 17.1 Å². The van der Waals surface area contributed by atoms with Crippen LogP contribution in [0.1, 0.15) is 10.4 Å². The van der Waals surface area contributed by atoms with Gasteiger partial charge in [-0.2, -0.15) is 4.72 Å². The van der Waals surface area contributed by atoms with Crippen LogP contribution < -0.4 is 4.72 Å². The summed E-state index contributed by atoms with van der Waals surface area (Å²) in [4.78, 5) is 10.8. The van der Waals surface area contributed by atoms with Crippen molar-refractivity contribution in [2.75, 3.05) is 0 Å². The maximum Gasteiger partial charge on any atom is 0.335 e. The van der Waals surface area contributed by atoms with Crippen molar-refractivity contribution in [1.82, 2.24) is 19.7 Å². The Morgan fingerprint density at radius 2 is 1.83 bits per heavy atom. The number of nitrogens with zero attached hydrogens (tertiary/aromatic N) is 3. The SMILES string of the molecule is O=C(O)c1ccc(S(=O)(=O)NCn2nnc3ccccc32)cc1. The molecule has 0 radical (unpaired) electrons. The highest BCUT2D eigenvalue weighted by Crippen LogP contribution is 2.12. The molecule has 118 valence electrons. The predicted molar refractivity (Wildman–Crippen MR) is 81.3 cm³/mol. The van der Waals surface area contributed by atoms with Crippen LogP contribution in [0, 0.1) is 0 Å². The number of nitrogens with one attached hydrogen (secondary N) is 1. The van der Waals surface area contributed by atoms with Crippen LogP contribution in [0.4, 0.5) is 0 Å². The number of carbonyl (C=O) groups is 1. The molecular weight excluding hydrogens is 320 g/mol. The van der Waals surface area contributed by atoms with Crippen LogP contribution in [-0.2, 0) is 16.7 Å². The molecule has 0 aliphatic rings. The largest absolute Gasteiger partial charge is 0.478 e. The third kappa shape index (κ3) is 3.05. The highest BCUT2D eigenvalue weighted by Gasteiger charge is 2.15. The number of carboxylic acid groups (broad SMARTS) is 1. The van der Waals surface area contributed by atoms with Crippen LogP contribution in [0.25, 0.3) is 11.0 Å². The van der Waals surface area contributed by atoms with Gasteiger partial charge in [-0.15, -0.1) is 5.10 Å². The molecule has 0 aliphatic carbocycles. The van der Waals surface area contributed by atoms with Gasteiger partial charge in [0.25, 0.3) is 0 Å². The number of para-hydroxylation sites is 1. The Morgan fingerprint density at radius 3 is 2.52 bits per heavy atom. The van der Waals surface area contributed by atoms with Crippen molar-refractivity contribution in [2.24, 2.45) is 0 Å². The average molecular weight is 332 g/mol. The first-order valence-electron chi connectivity index (χ1n) is 6.59. The first-order valence-corrected chi connectivity index (χ1v) is 8.07. The molecule has 0 amide bonds. The highest BCUT2D eigenvalue weighted by atomic mass is 32.2. The van der Waals surface area contributed by atoms with E-state index in [4.69, 9.17) is 5.11 Å². The minimum atomic E-state index is -3.78. The first kappa shape index (κ1) is 15.1. The summed E-state index contributed by atoms with van der Waals surface area (Å²) in [5, 5.41) is 16.7. The molecule has 2 N–H and O–H groups in total. The van der Waals surface area contributed by atoms with Crippen LogP contribution in [0.2, 0.25) is 0 Å². The molecule has 9 heteroatoms. The fourth-order valence-electron chi connectivity index (χ4n) is 2.04. The molecule has 0 fully saturated rings. The van der Waals surface area contributed by atoms with E-state index in [2.05, 4.69) is 15.0 Å². The number of carboxylic acids is 1. The lowest BCUT2D eigenvalue weighted by Gasteiger charge is -2.07. The Balaban J connectivity index is 1.80. The number of aromatic carboxylic acids is 1. The van der Waals surface area contributed by atoms with Gasteiger partial charge in [0.2, 0.25) is 10.0 Å². The standard InChI is InChI=1S/C14H12N4O4S/c19-14(20)10-5-7-11(8-6-10)23(21,22)15-9-18-13-4-2-1-3-12(13)16-17-18/h1-8,15H,9H2,(H,19,20). The Labute approximate surface area is 131 Å². The second kappa shape index (κ2) is 5.78. The van der Waals surface area contributed by atoms with Crippen molar-refractivity contribution >= 4 is 27.0 Å². The maximum absolute atomic E-state index is 12.2. The Morgan fingerprint density at radius 1 is 1.13 bits per heavy atom. The number of rotatable bonds is 5. The Hall–Kier alpha value is -2.78. The summed E-state index contributed by atoms with van der Waals surface area (Å²) in [5.74, 6) is -1.11. The number of hydrogen-bond donors (Lipinski definition) is 2. The molecule has 1 aromatic heterocycles. The summed E-state index contributed by atoms with van der Waals surface area (Å²) in [6.45, 7) is -0.0798. The summed E-state index contributed by atoms with van der Waals surface area (Å²) in [7, 11) is -3.78. The Kier molecular flexibility index (Phi) is 3.80. The van der Waals surface area contributed by atoms with E-state index in [0.29, 0.717) is 11.0 Å². The molecule has 1 heterocycles. The van der Waals surface area contributed by atoms with Crippen LogP contribution in [-0.4, -0.2) is 34.5 Å². The van der Waals surface area contributed by atoms with E-state index in [9.17, 15) is 13.2 Å². The van der Waals surface area contributed by atoms with Gasteiger partial charge >= 0.3 is 5.97 Å². The third-order valence-corrected chi connectivity index (χ3v) is 4.64. The van der Waals surface area contributed by atoms with Gasteiger partial charge in [0, 0.05) is 0 Å². The normalized spacial score (nSPS) is 11.7. The predicted octanol–water partition coefficient (Wildman–Crippen LogP) is 1.07. The Bertz CT molecular complexity index is 964. The van der Waals surface area contributed by atoms with Crippen molar-refractivity contribution in [1.29, 1.82) is 0 Å². The molecule has 0 unspecified atom stereocenters. The van der Waals surface area contributed by atoms with E-state index in [0.717, 1.165) is 0 Å². The van der Waals surface area contributed by atoms with Crippen LogP contribution in [0.3, 0.4) is 0 Å². The molecule has 0 saturated heterocycles. The topological polar surface area (TPSA) is 114 Å². The van der Waals surface area contributed by atoms with E-state index < -0.39 is 16.0 Å². The number of hydrogen-bond acceptors (Lipinski definition) is 5. The highest BCUT2D eigenvalue weighted by molar-refractivity contribution is 7.89. The lowest BCUT2D eigenvalue weighted by Crippen LogP contribution is -2.27. The zero-order chi connectivity index (χ0) is 16.4. The first-order chi connectivity index (χ1) is 11.0. The molecule has 0 spiro atoms. The van der Waals surface area contributed by atoms with Gasteiger partial charge in [0.1, 0.15) is 12.2 Å². The van der Waals surface area contributed by atoms with Crippen molar-refractivity contribution in [2.45, 2.75) is 11.6 Å². The van der Waals surface area contributed by atoms with Crippen LogP contribution in [0.5, 0.6) is 0 Å². The lowest BCUT2D eigenvalue weighted by molar-refractivity contribution is 0.0696. The second-order valence-electron chi connectivity index (χ2n) is 4.71. The molecule has 0 bridgehead atoms. The van der Waals surface area contributed by atoms with E-state index in [1.807, 2.05) is 6.07 Å².